The molecule has 0 unspecified atom stereocenters. The Balaban J connectivity index is 2.03. The lowest BCUT2D eigenvalue weighted by Gasteiger charge is -2.11. The van der Waals surface area contributed by atoms with E-state index in [4.69, 9.17) is 0 Å². The van der Waals surface area contributed by atoms with Gasteiger partial charge >= 0.3 is 0 Å². The summed E-state index contributed by atoms with van der Waals surface area (Å²) in [6.07, 6.45) is 0. The van der Waals surface area contributed by atoms with Crippen LogP contribution in [0.2, 0.25) is 0 Å². The van der Waals surface area contributed by atoms with Crippen molar-refractivity contribution in [1.82, 2.24) is 25.2 Å². The van der Waals surface area contributed by atoms with E-state index in [0.29, 0.717) is 10.1 Å². The smallest absolute Gasteiger partial charge is 0.263 e. The highest BCUT2D eigenvalue weighted by Gasteiger charge is 2.17. The van der Waals surface area contributed by atoms with Crippen LogP contribution in [-0.4, -0.2) is 25.2 Å². The summed E-state index contributed by atoms with van der Waals surface area (Å²) in [7, 11) is 1.75. The van der Waals surface area contributed by atoms with Crippen molar-refractivity contribution in [3.63, 3.8) is 0 Å². The van der Waals surface area contributed by atoms with E-state index in [0.717, 1.165) is 22.0 Å². The summed E-state index contributed by atoms with van der Waals surface area (Å²) in [5.41, 5.74) is 2.53. The molecule has 4 rings (SSSR count). The molecule has 2 heterocycles. The molecule has 0 amide bonds. The molecule has 6 nitrogen and oxygen atoms in total. The molecule has 0 bridgehead atoms. The average molecular weight is 335 g/mol. The minimum atomic E-state index is -0.152. The monoisotopic (exact) mass is 335 g/mol. The maximum absolute atomic E-state index is 12.7. The molecule has 0 aliphatic carbocycles. The lowest BCUT2D eigenvalue weighted by Crippen LogP contribution is -2.11. The van der Waals surface area contributed by atoms with Gasteiger partial charge in [0.1, 0.15) is 0 Å². The Hall–Kier alpha value is -2.93. The normalized spacial score (nSPS) is 11.0. The number of nitrogens with one attached hydrogen (secondary N) is 1. The van der Waals surface area contributed by atoms with Crippen LogP contribution in [0.1, 0.15) is 0 Å². The number of aryl methyl sites for hydroxylation is 1. The van der Waals surface area contributed by atoms with Gasteiger partial charge < -0.3 is 4.98 Å². The third kappa shape index (κ3) is 2.48. The van der Waals surface area contributed by atoms with Gasteiger partial charge in [0.05, 0.1) is 4.90 Å². The maximum atomic E-state index is 12.7. The molecule has 1 N–H and O–H groups in total. The molecule has 0 atom stereocenters. The fourth-order valence-corrected chi connectivity index (χ4v) is 3.51. The van der Waals surface area contributed by atoms with Crippen LogP contribution in [0.5, 0.6) is 0 Å². The molecule has 0 radical (unpaired) electrons. The highest BCUT2D eigenvalue weighted by Crippen LogP contribution is 2.36. The predicted molar refractivity (Wildman–Crippen MR) is 92.9 cm³/mol. The number of pyridine rings is 1. The van der Waals surface area contributed by atoms with Crippen LogP contribution >= 0.6 is 11.8 Å². The predicted octanol–water partition coefficient (Wildman–Crippen LogP) is 2.87. The Morgan fingerprint density at radius 3 is 2.54 bits per heavy atom. The number of para-hydroxylation sites is 1. The molecule has 4 aromatic rings. The van der Waals surface area contributed by atoms with Gasteiger partial charge in [0, 0.05) is 23.5 Å². The standard InChI is InChI=1S/C17H13N5OS/c1-22-17(19-20-21-22)24-15-14(11-7-3-2-4-8-11)12-9-5-6-10-13(12)18-16(15)23/h2-10H,1H3,(H,18,23). The van der Waals surface area contributed by atoms with Gasteiger partial charge in [0.25, 0.3) is 5.56 Å². The van der Waals surface area contributed by atoms with E-state index >= 15 is 0 Å². The van der Waals surface area contributed by atoms with Crippen molar-refractivity contribution in [2.45, 2.75) is 10.1 Å². The SMILES string of the molecule is Cn1nnnc1Sc1c(-c2ccccc2)c2ccccc2[nH]c1=O. The van der Waals surface area contributed by atoms with Crippen molar-refractivity contribution in [3.8, 4) is 11.1 Å². The zero-order chi connectivity index (χ0) is 16.5. The number of rotatable bonds is 3. The molecule has 2 aromatic carbocycles. The van der Waals surface area contributed by atoms with Gasteiger partial charge in [-0.3, -0.25) is 4.79 Å². The number of hydrogen-bond donors (Lipinski definition) is 1. The van der Waals surface area contributed by atoms with Crippen LogP contribution in [-0.2, 0) is 7.05 Å². The molecule has 7 heteroatoms. The number of tetrazole rings is 1. The van der Waals surface area contributed by atoms with Gasteiger partial charge in [0.2, 0.25) is 5.16 Å². The van der Waals surface area contributed by atoms with Crippen molar-refractivity contribution in [2.24, 2.45) is 7.05 Å². The van der Waals surface area contributed by atoms with Gasteiger partial charge in [0.15, 0.2) is 0 Å². The first-order chi connectivity index (χ1) is 11.7. The molecular formula is C17H13N5OS. The summed E-state index contributed by atoms with van der Waals surface area (Å²) in [5, 5.41) is 13.0. The molecule has 0 spiro atoms. The van der Waals surface area contributed by atoms with E-state index in [-0.39, 0.29) is 5.56 Å². The topological polar surface area (TPSA) is 76.5 Å². The van der Waals surface area contributed by atoms with E-state index in [9.17, 15) is 4.79 Å². The lowest BCUT2D eigenvalue weighted by atomic mass is 10.0. The van der Waals surface area contributed by atoms with Gasteiger partial charge in [-0.05, 0) is 33.8 Å². The maximum Gasteiger partial charge on any atom is 0.263 e. The average Bonchev–Trinajstić information content (AvgIpc) is 3.01. The minimum absolute atomic E-state index is 0.152. The quantitative estimate of drug-likeness (QED) is 0.623. The summed E-state index contributed by atoms with van der Waals surface area (Å²) in [5.74, 6) is 0. The second-order valence-electron chi connectivity index (χ2n) is 5.26. The summed E-state index contributed by atoms with van der Waals surface area (Å²) in [4.78, 5) is 16.2. The largest absolute Gasteiger partial charge is 0.321 e. The first-order valence-corrected chi connectivity index (χ1v) is 8.16. The fraction of sp³-hybridized carbons (Fsp3) is 0.0588. The molecule has 0 fully saturated rings. The zero-order valence-corrected chi connectivity index (χ0v) is 13.6. The zero-order valence-electron chi connectivity index (χ0n) is 12.8. The third-order valence-corrected chi connectivity index (χ3v) is 4.84. The molecule has 24 heavy (non-hydrogen) atoms. The highest BCUT2D eigenvalue weighted by molar-refractivity contribution is 7.99. The Kier molecular flexibility index (Phi) is 3.62. The van der Waals surface area contributed by atoms with Gasteiger partial charge in [-0.2, -0.15) is 0 Å². The first kappa shape index (κ1) is 14.6. The van der Waals surface area contributed by atoms with Gasteiger partial charge in [-0.25, -0.2) is 4.68 Å². The number of benzene rings is 2. The minimum Gasteiger partial charge on any atom is -0.321 e. The molecule has 0 aliphatic rings. The Morgan fingerprint density at radius 1 is 1.04 bits per heavy atom. The number of aromatic nitrogens is 5. The number of fused-ring (bicyclic) bond motifs is 1. The van der Waals surface area contributed by atoms with Crippen LogP contribution in [0, 0.1) is 0 Å². The molecule has 0 saturated carbocycles. The summed E-state index contributed by atoms with van der Waals surface area (Å²) in [6.45, 7) is 0. The van der Waals surface area contributed by atoms with E-state index in [1.165, 1.54) is 11.8 Å². The van der Waals surface area contributed by atoms with Gasteiger partial charge in [-0.1, -0.05) is 48.5 Å². The van der Waals surface area contributed by atoms with E-state index < -0.39 is 0 Å². The molecule has 0 aliphatic heterocycles. The summed E-state index contributed by atoms with van der Waals surface area (Å²) >= 11 is 1.27. The van der Waals surface area contributed by atoms with Crippen LogP contribution in [0.4, 0.5) is 0 Å². The van der Waals surface area contributed by atoms with Crippen molar-refractivity contribution >= 4 is 22.7 Å². The summed E-state index contributed by atoms with van der Waals surface area (Å²) < 4.78 is 1.55. The Labute approximate surface area is 141 Å². The summed E-state index contributed by atoms with van der Waals surface area (Å²) in [6, 6.07) is 17.7. The van der Waals surface area contributed by atoms with E-state index in [2.05, 4.69) is 20.5 Å². The van der Waals surface area contributed by atoms with Crippen LogP contribution in [0.15, 0.2) is 69.4 Å². The van der Waals surface area contributed by atoms with Crippen LogP contribution in [0.25, 0.3) is 22.0 Å². The molecular weight excluding hydrogens is 322 g/mol. The Morgan fingerprint density at radius 2 is 1.79 bits per heavy atom. The van der Waals surface area contributed by atoms with Crippen molar-refractivity contribution < 1.29 is 0 Å². The molecule has 2 aromatic heterocycles. The number of aromatic amines is 1. The number of H-pyrrole nitrogens is 1. The lowest BCUT2D eigenvalue weighted by molar-refractivity contribution is 0.664. The van der Waals surface area contributed by atoms with Crippen LogP contribution in [0.3, 0.4) is 0 Å². The van der Waals surface area contributed by atoms with E-state index in [1.807, 2.05) is 54.6 Å². The number of nitrogens with zero attached hydrogens (tertiary/aromatic N) is 4. The fourth-order valence-electron chi connectivity index (χ4n) is 2.61. The van der Waals surface area contributed by atoms with Gasteiger partial charge in [-0.15, -0.1) is 5.10 Å². The first-order valence-electron chi connectivity index (χ1n) is 7.34. The molecule has 118 valence electrons. The van der Waals surface area contributed by atoms with Crippen LogP contribution < -0.4 is 5.56 Å². The Bertz CT molecular complexity index is 1070. The molecule has 0 saturated heterocycles. The second-order valence-corrected chi connectivity index (χ2v) is 6.23. The van der Waals surface area contributed by atoms with Crippen molar-refractivity contribution in [1.29, 1.82) is 0 Å². The second kappa shape index (κ2) is 5.93. The number of hydrogen-bond acceptors (Lipinski definition) is 5. The van der Waals surface area contributed by atoms with Crippen molar-refractivity contribution in [2.75, 3.05) is 0 Å². The highest BCUT2D eigenvalue weighted by atomic mass is 32.2. The van der Waals surface area contributed by atoms with Crippen molar-refractivity contribution in [3.05, 3.63) is 65.0 Å². The van der Waals surface area contributed by atoms with E-state index in [1.54, 1.807) is 11.7 Å². The third-order valence-electron chi connectivity index (χ3n) is 3.71.